The molecule has 0 bridgehead atoms. The second kappa shape index (κ2) is 8.23. The van der Waals surface area contributed by atoms with Gasteiger partial charge >= 0.3 is 0 Å². The van der Waals surface area contributed by atoms with Gasteiger partial charge < -0.3 is 33.2 Å². The van der Waals surface area contributed by atoms with Gasteiger partial charge in [-0.3, -0.25) is 0 Å². The smallest absolute Gasteiger partial charge is 0.299 e. The van der Waals surface area contributed by atoms with Crippen molar-refractivity contribution in [1.82, 2.24) is 10.1 Å². The zero-order chi connectivity index (χ0) is 20.2. The first kappa shape index (κ1) is 18.8. The van der Waals surface area contributed by atoms with Gasteiger partial charge in [0.05, 0.1) is 27.5 Å². The molecule has 0 saturated carbocycles. The third-order valence-electron chi connectivity index (χ3n) is 4.07. The summed E-state index contributed by atoms with van der Waals surface area (Å²) in [5, 5.41) is 7.88. The van der Waals surface area contributed by atoms with E-state index in [9.17, 15) is 0 Å². The molecular weight excluding hydrogens is 396 g/mol. The second-order valence-corrected chi connectivity index (χ2v) is 6.56. The number of nitrogens with one attached hydrogen (secondary N) is 2. The van der Waals surface area contributed by atoms with Gasteiger partial charge in [-0.2, -0.15) is 0 Å². The van der Waals surface area contributed by atoms with Crippen LogP contribution in [-0.2, 0) is 0 Å². The summed E-state index contributed by atoms with van der Waals surface area (Å²) < 4.78 is 30.3. The van der Waals surface area contributed by atoms with Crippen molar-refractivity contribution in [1.29, 1.82) is 0 Å². The van der Waals surface area contributed by atoms with Gasteiger partial charge in [0.2, 0.25) is 0 Å². The summed E-state index contributed by atoms with van der Waals surface area (Å²) in [6.07, 6.45) is 3.04. The van der Waals surface area contributed by atoms with Gasteiger partial charge in [-0.25, -0.2) is 4.98 Å². The summed E-state index contributed by atoms with van der Waals surface area (Å²) >= 11 is 1.30. The fourth-order valence-electron chi connectivity index (χ4n) is 2.76. The van der Waals surface area contributed by atoms with Crippen LogP contribution in [0.4, 0.5) is 17.5 Å². The van der Waals surface area contributed by atoms with Gasteiger partial charge in [-0.05, 0) is 24.1 Å². The predicted octanol–water partition coefficient (Wildman–Crippen LogP) is 4.70. The maximum Gasteiger partial charge on any atom is 0.299 e. The number of nitrogens with zero attached hydrogens (tertiary/aromatic N) is 2. The highest BCUT2D eigenvalue weighted by Gasteiger charge is 2.18. The largest absolute Gasteiger partial charge is 0.496 e. The van der Waals surface area contributed by atoms with E-state index in [-0.39, 0.29) is 0 Å². The van der Waals surface area contributed by atoms with E-state index in [0.717, 1.165) is 4.90 Å². The van der Waals surface area contributed by atoms with Gasteiger partial charge in [-0.15, -0.1) is 0 Å². The fourth-order valence-corrected chi connectivity index (χ4v) is 3.61. The number of rotatable bonds is 8. The molecule has 0 aliphatic heterocycles. The molecule has 0 spiro atoms. The van der Waals surface area contributed by atoms with E-state index in [2.05, 4.69) is 20.2 Å². The van der Waals surface area contributed by atoms with Crippen molar-refractivity contribution >= 4 is 40.4 Å². The first-order valence-corrected chi connectivity index (χ1v) is 9.33. The van der Waals surface area contributed by atoms with Crippen molar-refractivity contribution < 1.29 is 23.2 Å². The van der Waals surface area contributed by atoms with E-state index >= 15 is 0 Å². The zero-order valence-corrected chi connectivity index (χ0v) is 16.7. The lowest BCUT2D eigenvalue weighted by Crippen LogP contribution is -1.96. The van der Waals surface area contributed by atoms with Crippen LogP contribution in [0.2, 0.25) is 0 Å². The Hall–Kier alpha value is -3.53. The molecule has 0 saturated heterocycles. The summed E-state index contributed by atoms with van der Waals surface area (Å²) in [6.45, 7) is 0. The molecular formula is C19H18N4O5S. The molecule has 2 N–H and O–H groups in total. The summed E-state index contributed by atoms with van der Waals surface area (Å²) in [4.78, 5) is 4.83. The Morgan fingerprint density at radius 3 is 2.41 bits per heavy atom. The highest BCUT2D eigenvalue weighted by Crippen LogP contribution is 2.41. The standard InChI is InChI=1S/C19H18N4O5S/c1-24-12-5-4-6-13(25-2)17(12)29-23-18-16-14(26-3)9-11(10-15(16)28-22-18)21-19-20-7-8-27-19/h4-10H,1-3H3,(H,20,21)(H,22,23). The molecule has 10 heteroatoms. The Balaban J connectivity index is 1.64. The molecule has 4 rings (SSSR count). The van der Waals surface area contributed by atoms with E-state index < -0.39 is 0 Å². The minimum absolute atomic E-state index is 0.364. The minimum Gasteiger partial charge on any atom is -0.496 e. The van der Waals surface area contributed by atoms with Gasteiger partial charge in [0, 0.05) is 17.8 Å². The summed E-state index contributed by atoms with van der Waals surface area (Å²) in [6, 6.07) is 9.53. The number of ether oxygens (including phenoxy) is 3. The molecule has 0 fully saturated rings. The van der Waals surface area contributed by atoms with E-state index in [1.165, 1.54) is 18.2 Å². The van der Waals surface area contributed by atoms with Crippen molar-refractivity contribution in [2.75, 3.05) is 31.4 Å². The highest BCUT2D eigenvalue weighted by atomic mass is 32.2. The number of oxazole rings is 1. The lowest BCUT2D eigenvalue weighted by molar-refractivity contribution is 0.376. The maximum absolute atomic E-state index is 5.54. The van der Waals surface area contributed by atoms with Gasteiger partial charge in [0.15, 0.2) is 11.4 Å². The van der Waals surface area contributed by atoms with Gasteiger partial charge in [0.25, 0.3) is 6.01 Å². The molecule has 4 aromatic rings. The van der Waals surface area contributed by atoms with Crippen molar-refractivity contribution in [2.45, 2.75) is 4.90 Å². The number of hydrogen-bond acceptors (Lipinski definition) is 10. The number of aromatic nitrogens is 2. The average molecular weight is 414 g/mol. The van der Waals surface area contributed by atoms with E-state index in [1.54, 1.807) is 33.6 Å². The van der Waals surface area contributed by atoms with Crippen molar-refractivity contribution in [3.8, 4) is 17.2 Å². The summed E-state index contributed by atoms with van der Waals surface area (Å²) in [5.74, 6) is 2.45. The lowest BCUT2D eigenvalue weighted by atomic mass is 10.2. The van der Waals surface area contributed by atoms with Crippen LogP contribution in [0.15, 0.2) is 56.6 Å². The average Bonchev–Trinajstić information content (AvgIpc) is 3.41. The number of methoxy groups -OCH3 is 3. The highest BCUT2D eigenvalue weighted by molar-refractivity contribution is 8.00. The first-order valence-electron chi connectivity index (χ1n) is 8.51. The van der Waals surface area contributed by atoms with Crippen LogP contribution in [0.25, 0.3) is 11.0 Å². The molecule has 150 valence electrons. The second-order valence-electron chi connectivity index (χ2n) is 5.74. The van der Waals surface area contributed by atoms with Crippen LogP contribution < -0.4 is 24.2 Å². The molecule has 9 nitrogen and oxygen atoms in total. The lowest BCUT2D eigenvalue weighted by Gasteiger charge is -2.12. The molecule has 0 amide bonds. The summed E-state index contributed by atoms with van der Waals surface area (Å²) in [5.41, 5.74) is 1.23. The fraction of sp³-hybridized carbons (Fsp3) is 0.158. The normalized spacial score (nSPS) is 10.7. The van der Waals surface area contributed by atoms with E-state index in [4.69, 9.17) is 23.2 Å². The Bertz CT molecular complexity index is 1090. The molecule has 0 aliphatic rings. The molecule has 2 aromatic carbocycles. The molecule has 2 aromatic heterocycles. The van der Waals surface area contributed by atoms with Crippen LogP contribution in [0.3, 0.4) is 0 Å². The number of anilines is 3. The predicted molar refractivity (Wildman–Crippen MR) is 109 cm³/mol. The third-order valence-corrected chi connectivity index (χ3v) is 4.98. The monoisotopic (exact) mass is 414 g/mol. The number of fused-ring (bicyclic) bond motifs is 1. The molecule has 0 unspecified atom stereocenters. The molecule has 0 radical (unpaired) electrons. The van der Waals surface area contributed by atoms with Gasteiger partial charge in [0.1, 0.15) is 33.8 Å². The number of benzene rings is 2. The minimum atomic E-state index is 0.364. The maximum atomic E-state index is 5.54. The van der Waals surface area contributed by atoms with Crippen LogP contribution in [-0.4, -0.2) is 31.5 Å². The van der Waals surface area contributed by atoms with Crippen LogP contribution in [0.1, 0.15) is 0 Å². The molecule has 0 atom stereocenters. The van der Waals surface area contributed by atoms with E-state index in [1.807, 2.05) is 24.3 Å². The van der Waals surface area contributed by atoms with Gasteiger partial charge in [-0.1, -0.05) is 11.2 Å². The third kappa shape index (κ3) is 3.74. The van der Waals surface area contributed by atoms with Crippen molar-refractivity contribution in [3.05, 3.63) is 42.8 Å². The van der Waals surface area contributed by atoms with Crippen LogP contribution in [0.5, 0.6) is 17.2 Å². The SMILES string of the molecule is COc1cccc(OC)c1SNc1noc2cc(Nc3ncco3)cc(OC)c12. The first-order chi connectivity index (χ1) is 14.2. The molecule has 29 heavy (non-hydrogen) atoms. The number of hydrogen-bond donors (Lipinski definition) is 2. The quantitative estimate of drug-likeness (QED) is 0.394. The van der Waals surface area contributed by atoms with Crippen LogP contribution in [0, 0.1) is 0 Å². The molecule has 2 heterocycles. The Labute approximate surface area is 170 Å². The zero-order valence-electron chi connectivity index (χ0n) is 15.9. The topological polar surface area (TPSA) is 104 Å². The van der Waals surface area contributed by atoms with E-state index in [0.29, 0.717) is 45.7 Å². The Morgan fingerprint density at radius 1 is 1.00 bits per heavy atom. The van der Waals surface area contributed by atoms with Crippen LogP contribution >= 0.6 is 11.9 Å². The Morgan fingerprint density at radius 2 is 1.76 bits per heavy atom. The van der Waals surface area contributed by atoms with Crippen molar-refractivity contribution in [2.24, 2.45) is 0 Å². The molecule has 0 aliphatic carbocycles. The van der Waals surface area contributed by atoms with Crippen molar-refractivity contribution in [3.63, 3.8) is 0 Å². The Kier molecular flexibility index (Phi) is 5.34. The summed E-state index contributed by atoms with van der Waals surface area (Å²) in [7, 11) is 4.79.